The molecule has 7 heavy (non-hydrogen) atoms. The molecule has 0 aromatic heterocycles. The highest BCUT2D eigenvalue weighted by Gasteiger charge is 2.30. The van der Waals surface area contributed by atoms with Crippen molar-refractivity contribution < 1.29 is 0 Å². The molecule has 1 rings (SSSR count). The van der Waals surface area contributed by atoms with Crippen LogP contribution in [0.2, 0.25) is 0 Å². The van der Waals surface area contributed by atoms with E-state index in [-0.39, 0.29) is 7.26 Å². The molecular formula is C4H10BPS+. The van der Waals surface area contributed by atoms with Crippen LogP contribution >= 0.6 is 18.9 Å². The summed E-state index contributed by atoms with van der Waals surface area (Å²) in [5.41, 5.74) is 1.42. The summed E-state index contributed by atoms with van der Waals surface area (Å²) in [5.74, 6) is 0. The van der Waals surface area contributed by atoms with Gasteiger partial charge in [0.05, 0.1) is 5.49 Å². The first-order chi connectivity index (χ1) is 3.21. The van der Waals surface area contributed by atoms with E-state index in [4.69, 9.17) is 0 Å². The van der Waals surface area contributed by atoms with Crippen LogP contribution in [0.25, 0.3) is 0 Å². The van der Waals surface area contributed by atoms with Gasteiger partial charge >= 0.3 is 0 Å². The maximum absolute atomic E-state index is 2.42. The smallest absolute Gasteiger partial charge is 0.174 e. The summed E-state index contributed by atoms with van der Waals surface area (Å²) in [5, 5.41) is 0. The van der Waals surface area contributed by atoms with E-state index in [1.54, 1.807) is 0 Å². The van der Waals surface area contributed by atoms with Crippen LogP contribution in [0.4, 0.5) is 0 Å². The molecule has 0 spiro atoms. The third-order valence-corrected chi connectivity index (χ3v) is 6.32. The van der Waals surface area contributed by atoms with Crippen molar-refractivity contribution in [2.45, 2.75) is 0 Å². The SMILES string of the molecule is C[P+]1(C)C[B]SC1. The summed E-state index contributed by atoms with van der Waals surface area (Å²) in [6.45, 7) is 7.20. The molecule has 0 amide bonds. The summed E-state index contributed by atoms with van der Waals surface area (Å²) in [6.07, 6.45) is 0. The molecule has 3 heteroatoms. The van der Waals surface area contributed by atoms with Crippen molar-refractivity contribution in [1.29, 1.82) is 0 Å². The summed E-state index contributed by atoms with van der Waals surface area (Å²) in [4.78, 5) is 0. The minimum Gasteiger partial charge on any atom is -0.174 e. The van der Waals surface area contributed by atoms with Gasteiger partial charge in [-0.15, -0.1) is 0 Å². The van der Waals surface area contributed by atoms with Crippen molar-refractivity contribution in [1.82, 2.24) is 0 Å². The lowest BCUT2D eigenvalue weighted by molar-refractivity contribution is 1.86. The van der Waals surface area contributed by atoms with Gasteiger partial charge in [-0.2, -0.15) is 11.6 Å². The lowest BCUT2D eigenvalue weighted by Crippen LogP contribution is -1.89. The van der Waals surface area contributed by atoms with Crippen molar-refractivity contribution in [3.05, 3.63) is 0 Å². The van der Waals surface area contributed by atoms with Gasteiger partial charge in [0.2, 0.25) is 6.56 Å². The first kappa shape index (κ1) is 5.97. The van der Waals surface area contributed by atoms with Crippen molar-refractivity contribution >= 4 is 25.4 Å². The van der Waals surface area contributed by atoms with Crippen molar-refractivity contribution in [3.8, 4) is 0 Å². The predicted octanol–water partition coefficient (Wildman–Crippen LogP) is 1.54. The zero-order valence-electron chi connectivity index (χ0n) is 4.85. The third-order valence-electron chi connectivity index (χ3n) is 1.11. The first-order valence-electron chi connectivity index (χ1n) is 2.46. The molecule has 1 saturated heterocycles. The average Bonchev–Trinajstić information content (AvgIpc) is 1.84. The van der Waals surface area contributed by atoms with Crippen LogP contribution in [-0.2, 0) is 0 Å². The fourth-order valence-electron chi connectivity index (χ4n) is 0.562. The van der Waals surface area contributed by atoms with Gasteiger partial charge in [-0.05, 0) is 0 Å². The molecule has 1 radical (unpaired) electrons. The van der Waals surface area contributed by atoms with E-state index in [1.807, 2.05) is 11.6 Å². The monoisotopic (exact) mass is 132 g/mol. The van der Waals surface area contributed by atoms with Gasteiger partial charge in [0.1, 0.15) is 0 Å². The Labute approximate surface area is 50.9 Å². The fourth-order valence-corrected chi connectivity index (χ4v) is 5.05. The second-order valence-electron chi connectivity index (χ2n) is 2.58. The van der Waals surface area contributed by atoms with E-state index < -0.39 is 0 Å². The van der Waals surface area contributed by atoms with E-state index in [2.05, 4.69) is 19.9 Å². The normalized spacial score (nSPS) is 27.1. The van der Waals surface area contributed by atoms with Gasteiger partial charge in [0, 0.05) is 26.7 Å². The zero-order chi connectivity index (χ0) is 5.33. The molecule has 0 saturated carbocycles. The third kappa shape index (κ3) is 1.66. The van der Waals surface area contributed by atoms with E-state index in [0.717, 1.165) is 0 Å². The minimum absolute atomic E-state index is 0.386. The lowest BCUT2D eigenvalue weighted by atomic mass is 10.2. The van der Waals surface area contributed by atoms with Crippen LogP contribution in [0, 0.1) is 0 Å². The van der Waals surface area contributed by atoms with Gasteiger partial charge < -0.3 is 0 Å². The fraction of sp³-hybridized carbons (Fsp3) is 1.00. The van der Waals surface area contributed by atoms with Gasteiger partial charge in [-0.3, -0.25) is 0 Å². The Balaban J connectivity index is 2.40. The Kier molecular flexibility index (Phi) is 1.70. The Morgan fingerprint density at radius 3 is 2.43 bits per heavy atom. The van der Waals surface area contributed by atoms with E-state index >= 15 is 0 Å². The highest BCUT2D eigenvalue weighted by atomic mass is 32.2. The second kappa shape index (κ2) is 1.99. The molecule has 0 N–H and O–H groups in total. The van der Waals surface area contributed by atoms with Crippen LogP contribution in [0.1, 0.15) is 0 Å². The van der Waals surface area contributed by atoms with Gasteiger partial charge in [-0.25, -0.2) is 0 Å². The molecule has 0 atom stereocenters. The Morgan fingerprint density at radius 2 is 2.29 bits per heavy atom. The van der Waals surface area contributed by atoms with E-state index in [9.17, 15) is 0 Å². The highest BCUT2D eigenvalue weighted by Crippen LogP contribution is 2.57. The maximum Gasteiger partial charge on any atom is 0.244 e. The molecule has 0 aromatic carbocycles. The molecule has 0 aromatic rings. The molecule has 0 aliphatic carbocycles. The Bertz CT molecular complexity index is 66.1. The highest BCUT2D eigenvalue weighted by molar-refractivity contribution is 8.30. The molecular weight excluding hydrogens is 122 g/mol. The maximum atomic E-state index is 2.42. The summed E-state index contributed by atoms with van der Waals surface area (Å²) < 4.78 is 0. The van der Waals surface area contributed by atoms with Crippen LogP contribution in [-0.4, -0.2) is 31.4 Å². The van der Waals surface area contributed by atoms with Gasteiger partial charge in [-0.1, -0.05) is 0 Å². The van der Waals surface area contributed by atoms with Crippen molar-refractivity contribution in [2.75, 3.05) is 24.9 Å². The number of hydrogen-bond acceptors (Lipinski definition) is 1. The Morgan fingerprint density at radius 1 is 1.57 bits per heavy atom. The molecule has 1 aliphatic heterocycles. The van der Waals surface area contributed by atoms with Crippen molar-refractivity contribution in [2.24, 2.45) is 0 Å². The molecule has 0 nitrogen and oxygen atoms in total. The molecule has 1 fully saturated rings. The standard InChI is InChI=1S/C4H10BPS/c1-6(2)3-5-7-4-6/h3-4H2,1-2H3/q+1. The van der Waals surface area contributed by atoms with Gasteiger partial charge in [0.25, 0.3) is 0 Å². The minimum atomic E-state index is -0.386. The van der Waals surface area contributed by atoms with Crippen LogP contribution in [0.3, 0.4) is 0 Å². The average molecular weight is 132 g/mol. The molecule has 1 heterocycles. The number of rotatable bonds is 0. The largest absolute Gasteiger partial charge is 0.244 e. The summed E-state index contributed by atoms with van der Waals surface area (Å²) in [7, 11) is -0.386. The van der Waals surface area contributed by atoms with Crippen molar-refractivity contribution in [3.63, 3.8) is 0 Å². The van der Waals surface area contributed by atoms with E-state index in [0.29, 0.717) is 0 Å². The topological polar surface area (TPSA) is 0 Å². The zero-order valence-corrected chi connectivity index (χ0v) is 6.56. The van der Waals surface area contributed by atoms with E-state index in [1.165, 1.54) is 11.6 Å². The number of hydrogen-bond donors (Lipinski definition) is 0. The summed E-state index contributed by atoms with van der Waals surface area (Å²) in [6, 6.07) is 1.40. The molecule has 0 unspecified atom stereocenters. The van der Waals surface area contributed by atoms with Crippen LogP contribution < -0.4 is 0 Å². The Hall–Kier alpha value is 0.845. The van der Waals surface area contributed by atoms with Crippen LogP contribution in [0.5, 0.6) is 0 Å². The lowest BCUT2D eigenvalue weighted by Gasteiger charge is -2.05. The molecule has 1 aliphatic rings. The van der Waals surface area contributed by atoms with Crippen LogP contribution in [0.15, 0.2) is 0 Å². The summed E-state index contributed by atoms with van der Waals surface area (Å²) >= 11 is 2.01. The molecule has 39 valence electrons. The molecule has 0 bridgehead atoms. The van der Waals surface area contributed by atoms with Gasteiger partial charge in [0.15, 0.2) is 0 Å². The quantitative estimate of drug-likeness (QED) is 0.356. The predicted molar refractivity (Wildman–Crippen MR) is 41.8 cm³/mol. The first-order valence-corrected chi connectivity index (χ1v) is 6.56. The second-order valence-corrected chi connectivity index (χ2v) is 8.52.